The van der Waals surface area contributed by atoms with E-state index in [1.165, 1.54) is 14.0 Å². The second-order valence-corrected chi connectivity index (χ2v) is 3.22. The van der Waals surface area contributed by atoms with Gasteiger partial charge in [0, 0.05) is 0 Å². The standard InChI is InChI=1S/C5H10O4S/c1-4(10(7)8)3-5(6)9-2/h4H,3H2,1-2H3,(H,7,8). The highest BCUT2D eigenvalue weighted by Crippen LogP contribution is 1.99. The molecule has 0 heterocycles. The van der Waals surface area contributed by atoms with Gasteiger partial charge >= 0.3 is 5.97 Å². The van der Waals surface area contributed by atoms with Crippen LogP contribution in [0.3, 0.4) is 0 Å². The molecule has 0 spiro atoms. The largest absolute Gasteiger partial charge is 0.469 e. The van der Waals surface area contributed by atoms with Crippen LogP contribution in [0.1, 0.15) is 13.3 Å². The highest BCUT2D eigenvalue weighted by atomic mass is 32.2. The van der Waals surface area contributed by atoms with E-state index in [1.807, 2.05) is 0 Å². The van der Waals surface area contributed by atoms with Crippen molar-refractivity contribution in [1.29, 1.82) is 0 Å². The van der Waals surface area contributed by atoms with Crippen molar-refractivity contribution in [3.63, 3.8) is 0 Å². The van der Waals surface area contributed by atoms with Gasteiger partial charge in [0.2, 0.25) is 0 Å². The van der Waals surface area contributed by atoms with E-state index in [4.69, 9.17) is 4.55 Å². The van der Waals surface area contributed by atoms with Crippen molar-refractivity contribution in [2.24, 2.45) is 0 Å². The predicted molar refractivity (Wildman–Crippen MR) is 36.9 cm³/mol. The summed E-state index contributed by atoms with van der Waals surface area (Å²) in [5.41, 5.74) is 0. The van der Waals surface area contributed by atoms with Gasteiger partial charge in [-0.25, -0.2) is 4.21 Å². The molecule has 0 aromatic carbocycles. The van der Waals surface area contributed by atoms with Crippen LogP contribution in [0.4, 0.5) is 0 Å². The number of esters is 1. The Kier molecular flexibility index (Phi) is 4.22. The lowest BCUT2D eigenvalue weighted by Crippen LogP contribution is -2.16. The molecule has 0 radical (unpaired) electrons. The molecule has 0 aromatic rings. The van der Waals surface area contributed by atoms with Crippen molar-refractivity contribution < 1.29 is 18.3 Å². The topological polar surface area (TPSA) is 63.6 Å². The lowest BCUT2D eigenvalue weighted by Gasteiger charge is -2.03. The number of methoxy groups -OCH3 is 1. The maximum Gasteiger partial charge on any atom is 0.306 e. The Hall–Kier alpha value is -0.420. The molecule has 0 saturated carbocycles. The molecule has 1 N–H and O–H groups in total. The molecule has 0 fully saturated rings. The van der Waals surface area contributed by atoms with Crippen LogP contribution >= 0.6 is 0 Å². The Bertz CT molecular complexity index is 145. The van der Waals surface area contributed by atoms with Crippen LogP contribution in [0.5, 0.6) is 0 Å². The second kappa shape index (κ2) is 4.40. The van der Waals surface area contributed by atoms with Gasteiger partial charge in [-0.3, -0.25) is 4.79 Å². The number of hydrogen-bond acceptors (Lipinski definition) is 3. The average molecular weight is 166 g/mol. The Morgan fingerprint density at radius 2 is 2.30 bits per heavy atom. The first-order chi connectivity index (χ1) is 4.57. The van der Waals surface area contributed by atoms with Crippen molar-refractivity contribution >= 4 is 17.0 Å². The zero-order valence-corrected chi connectivity index (χ0v) is 6.68. The molecule has 5 heteroatoms. The molecule has 10 heavy (non-hydrogen) atoms. The zero-order chi connectivity index (χ0) is 8.15. The van der Waals surface area contributed by atoms with Crippen molar-refractivity contribution in [2.45, 2.75) is 18.6 Å². The molecule has 2 atom stereocenters. The maximum absolute atomic E-state index is 10.5. The van der Waals surface area contributed by atoms with Crippen molar-refractivity contribution in [3.8, 4) is 0 Å². The number of hydrogen-bond donors (Lipinski definition) is 1. The molecule has 2 unspecified atom stereocenters. The van der Waals surface area contributed by atoms with Crippen LogP contribution in [0.25, 0.3) is 0 Å². The van der Waals surface area contributed by atoms with E-state index >= 15 is 0 Å². The fourth-order valence-corrected chi connectivity index (χ4v) is 0.668. The van der Waals surface area contributed by atoms with Crippen LogP contribution in [0.2, 0.25) is 0 Å². The quantitative estimate of drug-likeness (QED) is 0.479. The lowest BCUT2D eigenvalue weighted by atomic mass is 10.3. The van der Waals surface area contributed by atoms with Crippen LogP contribution in [-0.4, -0.2) is 27.1 Å². The summed E-state index contributed by atoms with van der Waals surface area (Å²) in [5, 5.41) is -0.549. The Morgan fingerprint density at radius 1 is 1.80 bits per heavy atom. The minimum absolute atomic E-state index is 0.0143. The van der Waals surface area contributed by atoms with Crippen LogP contribution < -0.4 is 0 Å². The van der Waals surface area contributed by atoms with Crippen molar-refractivity contribution in [1.82, 2.24) is 0 Å². The van der Waals surface area contributed by atoms with Gasteiger partial charge < -0.3 is 9.29 Å². The fraction of sp³-hybridized carbons (Fsp3) is 0.800. The Morgan fingerprint density at radius 3 is 2.60 bits per heavy atom. The summed E-state index contributed by atoms with van der Waals surface area (Å²) in [6.45, 7) is 1.51. The van der Waals surface area contributed by atoms with Gasteiger partial charge in [0.05, 0.1) is 18.8 Å². The molecule has 60 valence electrons. The number of rotatable bonds is 3. The molecule has 0 aliphatic heterocycles. The van der Waals surface area contributed by atoms with Crippen LogP contribution in [0.15, 0.2) is 0 Å². The summed E-state index contributed by atoms with van der Waals surface area (Å²) in [7, 11) is 1.25. The molecular formula is C5H10O4S. The summed E-state index contributed by atoms with van der Waals surface area (Å²) in [5.74, 6) is -0.463. The van der Waals surface area contributed by atoms with Crippen LogP contribution in [-0.2, 0) is 20.6 Å². The maximum atomic E-state index is 10.5. The fourth-order valence-electron chi connectivity index (χ4n) is 0.389. The Balaban J connectivity index is 3.68. The van der Waals surface area contributed by atoms with Gasteiger partial charge in [0.15, 0.2) is 11.1 Å². The van der Waals surface area contributed by atoms with E-state index in [1.54, 1.807) is 0 Å². The summed E-state index contributed by atoms with van der Waals surface area (Å²) < 4.78 is 23.0. The molecule has 4 nitrogen and oxygen atoms in total. The minimum atomic E-state index is -1.93. The summed E-state index contributed by atoms with van der Waals surface area (Å²) in [6, 6.07) is 0. The third-order valence-corrected chi connectivity index (χ3v) is 1.88. The third kappa shape index (κ3) is 3.58. The van der Waals surface area contributed by atoms with Gasteiger partial charge in [-0.1, -0.05) is 0 Å². The molecular weight excluding hydrogens is 156 g/mol. The van der Waals surface area contributed by atoms with Gasteiger partial charge in [-0.05, 0) is 6.92 Å². The first-order valence-electron chi connectivity index (χ1n) is 2.74. The first-order valence-corrected chi connectivity index (χ1v) is 3.91. The van der Waals surface area contributed by atoms with Crippen LogP contribution in [0, 0.1) is 0 Å². The van der Waals surface area contributed by atoms with Gasteiger partial charge in [-0.2, -0.15) is 0 Å². The monoisotopic (exact) mass is 166 g/mol. The molecule has 0 saturated heterocycles. The van der Waals surface area contributed by atoms with E-state index in [0.717, 1.165) is 0 Å². The first kappa shape index (κ1) is 9.58. The molecule has 0 bridgehead atoms. The number of carbonyl (C=O) groups excluding carboxylic acids is 1. The van der Waals surface area contributed by atoms with E-state index in [2.05, 4.69) is 4.74 Å². The highest BCUT2D eigenvalue weighted by Gasteiger charge is 2.13. The molecule has 0 rings (SSSR count). The lowest BCUT2D eigenvalue weighted by molar-refractivity contribution is -0.140. The highest BCUT2D eigenvalue weighted by molar-refractivity contribution is 7.79. The van der Waals surface area contributed by atoms with E-state index in [9.17, 15) is 9.00 Å². The smallest absolute Gasteiger partial charge is 0.306 e. The van der Waals surface area contributed by atoms with Gasteiger partial charge in [-0.15, -0.1) is 0 Å². The Labute approximate surface area is 61.9 Å². The van der Waals surface area contributed by atoms with Gasteiger partial charge in [0.25, 0.3) is 0 Å². The van der Waals surface area contributed by atoms with E-state index in [-0.39, 0.29) is 6.42 Å². The summed E-state index contributed by atoms with van der Waals surface area (Å²) in [6.07, 6.45) is -0.0143. The average Bonchev–Trinajstić information content (AvgIpc) is 1.87. The molecule has 0 aromatic heterocycles. The molecule has 0 aliphatic rings. The summed E-state index contributed by atoms with van der Waals surface area (Å²) >= 11 is -1.93. The van der Waals surface area contributed by atoms with Crippen molar-refractivity contribution in [3.05, 3.63) is 0 Å². The molecule has 0 amide bonds. The summed E-state index contributed by atoms with van der Waals surface area (Å²) in [4.78, 5) is 10.5. The van der Waals surface area contributed by atoms with E-state index < -0.39 is 22.3 Å². The molecule has 0 aliphatic carbocycles. The van der Waals surface area contributed by atoms with E-state index in [0.29, 0.717) is 0 Å². The SMILES string of the molecule is COC(=O)CC(C)S(=O)O. The zero-order valence-electron chi connectivity index (χ0n) is 5.86. The number of carbonyl (C=O) groups is 1. The normalized spacial score (nSPS) is 15.9. The van der Waals surface area contributed by atoms with Crippen molar-refractivity contribution in [2.75, 3.05) is 7.11 Å². The predicted octanol–water partition coefficient (Wildman–Crippen LogP) is 0.160. The second-order valence-electron chi connectivity index (χ2n) is 1.87. The minimum Gasteiger partial charge on any atom is -0.469 e. The third-order valence-electron chi connectivity index (χ3n) is 1.03. The van der Waals surface area contributed by atoms with Gasteiger partial charge in [0.1, 0.15) is 0 Å². The number of ether oxygens (including phenoxy) is 1.